The van der Waals surface area contributed by atoms with Crippen LogP contribution in [-0.2, 0) is 12.3 Å². The molecular weight excluding hydrogens is 360 g/mol. The molecule has 0 fully saturated rings. The maximum absolute atomic E-state index is 5.95. The molecule has 2 aromatic heterocycles. The predicted molar refractivity (Wildman–Crippen MR) is 98.9 cm³/mol. The molecule has 0 saturated heterocycles. The summed E-state index contributed by atoms with van der Waals surface area (Å²) < 4.78 is 1.95. The molecule has 0 aliphatic heterocycles. The number of nitrogens with two attached hydrogens (primary N) is 2. The second-order valence-corrected chi connectivity index (χ2v) is 6.35. The molecule has 128 valence electrons. The van der Waals surface area contributed by atoms with Crippen LogP contribution in [0.4, 0.5) is 11.9 Å². The van der Waals surface area contributed by atoms with Crippen molar-refractivity contribution in [3.63, 3.8) is 0 Å². The highest BCUT2D eigenvalue weighted by Gasteiger charge is 2.14. The van der Waals surface area contributed by atoms with E-state index in [4.69, 9.17) is 23.1 Å². The van der Waals surface area contributed by atoms with Crippen LogP contribution in [0.15, 0.2) is 42.1 Å². The van der Waals surface area contributed by atoms with Crippen molar-refractivity contribution in [3.05, 3.63) is 47.8 Å². The van der Waals surface area contributed by atoms with E-state index in [1.165, 1.54) is 11.8 Å². The van der Waals surface area contributed by atoms with Crippen molar-refractivity contribution in [2.24, 2.45) is 0 Å². The molecule has 0 bridgehead atoms. The molecule has 4 N–H and O–H groups in total. The van der Waals surface area contributed by atoms with Crippen LogP contribution in [-0.4, -0.2) is 29.7 Å². The lowest BCUT2D eigenvalue weighted by atomic mass is 10.2. The lowest BCUT2D eigenvalue weighted by Gasteiger charge is -2.08. The summed E-state index contributed by atoms with van der Waals surface area (Å²) in [5, 5.41) is 9.91. The van der Waals surface area contributed by atoms with E-state index in [9.17, 15) is 0 Å². The number of anilines is 2. The van der Waals surface area contributed by atoms with E-state index >= 15 is 0 Å². The number of hydrogen-bond donors (Lipinski definition) is 2. The van der Waals surface area contributed by atoms with E-state index in [2.05, 4.69) is 31.7 Å². The standard InChI is InChI=1S/C15H15ClN8S/c1-2-7-24-12(9-3-5-10(16)6-4-9)22-23-15(24)25-8-11-19-13(17)21-14(18)20-11/h2-6H,1,7-8H2,(H4,17,18,19,20,21). The molecule has 0 spiro atoms. The number of nitrogen functional groups attached to an aromatic ring is 2. The molecule has 2 heterocycles. The van der Waals surface area contributed by atoms with Crippen LogP contribution in [0.5, 0.6) is 0 Å². The van der Waals surface area contributed by atoms with Crippen LogP contribution in [0.2, 0.25) is 5.02 Å². The number of nitrogens with zero attached hydrogens (tertiary/aromatic N) is 6. The van der Waals surface area contributed by atoms with Gasteiger partial charge in [0.25, 0.3) is 0 Å². The Morgan fingerprint density at radius 3 is 2.40 bits per heavy atom. The van der Waals surface area contributed by atoms with Gasteiger partial charge in [-0.15, -0.1) is 16.8 Å². The molecule has 0 aliphatic carbocycles. The van der Waals surface area contributed by atoms with Gasteiger partial charge in [0.15, 0.2) is 11.0 Å². The van der Waals surface area contributed by atoms with Gasteiger partial charge in [0.05, 0.1) is 5.75 Å². The number of hydrogen-bond acceptors (Lipinski definition) is 8. The summed E-state index contributed by atoms with van der Waals surface area (Å²) in [4.78, 5) is 11.9. The zero-order chi connectivity index (χ0) is 17.8. The number of thioether (sulfide) groups is 1. The molecule has 0 atom stereocenters. The quantitative estimate of drug-likeness (QED) is 0.498. The minimum atomic E-state index is 0.0949. The summed E-state index contributed by atoms with van der Waals surface area (Å²) in [6.07, 6.45) is 1.78. The zero-order valence-corrected chi connectivity index (χ0v) is 14.7. The third-order valence-corrected chi connectivity index (χ3v) is 4.39. The minimum Gasteiger partial charge on any atom is -0.368 e. The second-order valence-electron chi connectivity index (χ2n) is 4.97. The summed E-state index contributed by atoms with van der Waals surface area (Å²) in [7, 11) is 0. The van der Waals surface area contributed by atoms with Crippen molar-refractivity contribution in [2.75, 3.05) is 11.5 Å². The first-order valence-corrected chi connectivity index (χ1v) is 8.62. The monoisotopic (exact) mass is 374 g/mol. The smallest absolute Gasteiger partial charge is 0.225 e. The molecule has 0 radical (unpaired) electrons. The SMILES string of the molecule is C=CCn1c(SCc2nc(N)nc(N)n2)nnc1-c1ccc(Cl)cc1. The van der Waals surface area contributed by atoms with Crippen molar-refractivity contribution in [3.8, 4) is 11.4 Å². The van der Waals surface area contributed by atoms with Crippen LogP contribution in [0, 0.1) is 0 Å². The summed E-state index contributed by atoms with van der Waals surface area (Å²) in [6.45, 7) is 4.36. The minimum absolute atomic E-state index is 0.0949. The molecule has 0 saturated carbocycles. The van der Waals surface area contributed by atoms with E-state index < -0.39 is 0 Å². The fourth-order valence-corrected chi connectivity index (χ4v) is 3.08. The highest BCUT2D eigenvalue weighted by molar-refractivity contribution is 7.98. The summed E-state index contributed by atoms with van der Waals surface area (Å²) in [5.41, 5.74) is 12.1. The van der Waals surface area contributed by atoms with Gasteiger partial charge in [0.1, 0.15) is 5.82 Å². The average Bonchev–Trinajstić information content (AvgIpc) is 2.96. The molecule has 1 aromatic carbocycles. The van der Waals surface area contributed by atoms with Crippen molar-refractivity contribution < 1.29 is 0 Å². The summed E-state index contributed by atoms with van der Waals surface area (Å²) >= 11 is 7.37. The van der Waals surface area contributed by atoms with Gasteiger partial charge in [-0.3, -0.25) is 4.57 Å². The lowest BCUT2D eigenvalue weighted by molar-refractivity contribution is 0.730. The first-order chi connectivity index (χ1) is 12.1. The largest absolute Gasteiger partial charge is 0.368 e. The van der Waals surface area contributed by atoms with Crippen LogP contribution in [0.25, 0.3) is 11.4 Å². The third kappa shape index (κ3) is 4.06. The fraction of sp³-hybridized carbons (Fsp3) is 0.133. The second kappa shape index (κ2) is 7.49. The molecule has 3 aromatic rings. The first kappa shape index (κ1) is 17.2. The van der Waals surface area contributed by atoms with Gasteiger partial charge in [0, 0.05) is 17.1 Å². The van der Waals surface area contributed by atoms with Gasteiger partial charge < -0.3 is 11.5 Å². The number of benzene rings is 1. The predicted octanol–water partition coefficient (Wildman–Crippen LogP) is 2.43. The van der Waals surface area contributed by atoms with Crippen molar-refractivity contribution >= 4 is 35.3 Å². The Bertz CT molecular complexity index is 873. The number of aromatic nitrogens is 6. The summed E-state index contributed by atoms with van der Waals surface area (Å²) in [6, 6.07) is 7.42. The van der Waals surface area contributed by atoms with Crippen LogP contribution in [0.3, 0.4) is 0 Å². The van der Waals surface area contributed by atoms with Crippen LogP contribution < -0.4 is 11.5 Å². The Labute approximate surface area is 153 Å². The van der Waals surface area contributed by atoms with E-state index in [1.54, 1.807) is 6.08 Å². The molecule has 25 heavy (non-hydrogen) atoms. The molecule has 10 heteroatoms. The van der Waals surface area contributed by atoms with Gasteiger partial charge in [-0.05, 0) is 24.3 Å². The highest BCUT2D eigenvalue weighted by atomic mass is 35.5. The van der Waals surface area contributed by atoms with Gasteiger partial charge in [-0.2, -0.15) is 15.0 Å². The number of rotatable bonds is 6. The van der Waals surface area contributed by atoms with Crippen molar-refractivity contribution in [1.82, 2.24) is 29.7 Å². The number of halogens is 1. The maximum Gasteiger partial charge on any atom is 0.225 e. The Hall–Kier alpha value is -2.65. The average molecular weight is 375 g/mol. The van der Waals surface area contributed by atoms with Gasteiger partial charge in [-0.25, -0.2) is 0 Å². The Morgan fingerprint density at radius 1 is 1.08 bits per heavy atom. The molecule has 0 amide bonds. The Kier molecular flexibility index (Phi) is 5.15. The van der Waals surface area contributed by atoms with Crippen LogP contribution in [0.1, 0.15) is 5.82 Å². The maximum atomic E-state index is 5.95. The molecule has 0 aliphatic rings. The first-order valence-electron chi connectivity index (χ1n) is 7.25. The van der Waals surface area contributed by atoms with Gasteiger partial charge in [-0.1, -0.05) is 29.4 Å². The van der Waals surface area contributed by atoms with E-state index in [-0.39, 0.29) is 11.9 Å². The normalized spacial score (nSPS) is 10.8. The molecule has 0 unspecified atom stereocenters. The van der Waals surface area contributed by atoms with Crippen LogP contribution >= 0.6 is 23.4 Å². The van der Waals surface area contributed by atoms with E-state index in [1.807, 2.05) is 28.8 Å². The van der Waals surface area contributed by atoms with E-state index in [0.717, 1.165) is 11.4 Å². The molecular formula is C15H15ClN8S. The van der Waals surface area contributed by atoms with Crippen molar-refractivity contribution in [2.45, 2.75) is 17.5 Å². The third-order valence-electron chi connectivity index (χ3n) is 3.18. The molecule has 3 rings (SSSR count). The Balaban J connectivity index is 1.86. The van der Waals surface area contributed by atoms with E-state index in [0.29, 0.717) is 28.3 Å². The lowest BCUT2D eigenvalue weighted by Crippen LogP contribution is -2.06. The molecule has 8 nitrogen and oxygen atoms in total. The topological polar surface area (TPSA) is 121 Å². The highest BCUT2D eigenvalue weighted by Crippen LogP contribution is 2.26. The van der Waals surface area contributed by atoms with Crippen molar-refractivity contribution in [1.29, 1.82) is 0 Å². The Morgan fingerprint density at radius 2 is 1.76 bits per heavy atom. The van der Waals surface area contributed by atoms with Gasteiger partial charge >= 0.3 is 0 Å². The fourth-order valence-electron chi connectivity index (χ4n) is 2.15. The zero-order valence-electron chi connectivity index (χ0n) is 13.1. The summed E-state index contributed by atoms with van der Waals surface area (Å²) in [5.74, 6) is 1.84. The van der Waals surface area contributed by atoms with Gasteiger partial charge in [0.2, 0.25) is 11.9 Å². The number of allylic oxidation sites excluding steroid dienone is 1.